The van der Waals surface area contributed by atoms with Crippen LogP contribution in [0.3, 0.4) is 0 Å². The molecular weight excluding hydrogens is 392 g/mol. The lowest BCUT2D eigenvalue weighted by Gasteiger charge is -2.08. The molecule has 0 saturated carbocycles. The van der Waals surface area contributed by atoms with Crippen molar-refractivity contribution in [3.05, 3.63) is 52.4 Å². The van der Waals surface area contributed by atoms with Crippen LogP contribution in [0.4, 0.5) is 0 Å². The second kappa shape index (κ2) is 7.34. The number of thiophene rings is 1. The first-order valence-corrected chi connectivity index (χ1v) is 9.10. The molecule has 2 heterocycles. The van der Waals surface area contributed by atoms with Gasteiger partial charge in [-0.3, -0.25) is 20.4 Å². The van der Waals surface area contributed by atoms with Gasteiger partial charge >= 0.3 is 0 Å². The predicted octanol–water partition coefficient (Wildman–Crippen LogP) is 3.12. The van der Waals surface area contributed by atoms with E-state index < -0.39 is 11.8 Å². The molecule has 27 heavy (non-hydrogen) atoms. The lowest BCUT2D eigenvalue weighted by atomic mass is 10.2. The molecule has 2 aromatic carbocycles. The molecule has 4 rings (SSSR count). The fourth-order valence-electron chi connectivity index (χ4n) is 2.49. The van der Waals surface area contributed by atoms with Gasteiger partial charge in [-0.1, -0.05) is 29.8 Å². The van der Waals surface area contributed by atoms with Gasteiger partial charge in [0.25, 0.3) is 11.8 Å². The summed E-state index contributed by atoms with van der Waals surface area (Å²) in [7, 11) is 0. The smallest absolute Gasteiger partial charge is 0.281 e. The van der Waals surface area contributed by atoms with Crippen molar-refractivity contribution in [1.82, 2.24) is 10.9 Å². The summed E-state index contributed by atoms with van der Waals surface area (Å²) >= 11 is 7.50. The first-order chi connectivity index (χ1) is 13.1. The van der Waals surface area contributed by atoms with Gasteiger partial charge in [0.05, 0.1) is 5.02 Å². The van der Waals surface area contributed by atoms with Gasteiger partial charge in [0, 0.05) is 16.2 Å². The molecule has 0 aliphatic carbocycles. The highest BCUT2D eigenvalue weighted by Gasteiger charge is 2.18. The van der Waals surface area contributed by atoms with Crippen LogP contribution in [0.15, 0.2) is 42.5 Å². The molecule has 1 aliphatic heterocycles. The summed E-state index contributed by atoms with van der Waals surface area (Å²) in [6, 6.07) is 12.4. The fourth-order valence-corrected chi connectivity index (χ4v) is 3.91. The molecule has 0 saturated heterocycles. The first-order valence-electron chi connectivity index (χ1n) is 7.90. The minimum absolute atomic E-state index is 0.158. The number of carbonyl (C=O) groups is 2. The minimum atomic E-state index is -0.516. The van der Waals surface area contributed by atoms with E-state index in [1.807, 2.05) is 24.3 Å². The third-order valence-corrected chi connectivity index (χ3v) is 5.44. The molecule has 138 valence electrons. The van der Waals surface area contributed by atoms with Gasteiger partial charge in [-0.15, -0.1) is 11.3 Å². The zero-order valence-corrected chi connectivity index (χ0v) is 15.4. The highest BCUT2D eigenvalue weighted by molar-refractivity contribution is 7.21. The number of hydrogen-bond acceptors (Lipinski definition) is 6. The number of amides is 2. The standard InChI is InChI=1S/C18H13ClN2O5S/c19-16-11-3-1-2-4-14(11)27-17(16)18(23)21-20-15(22)8-24-10-5-6-12-13(7-10)26-9-25-12/h1-7H,8-9H2,(H,20,22)(H,21,23). The lowest BCUT2D eigenvalue weighted by molar-refractivity contribution is -0.123. The predicted molar refractivity (Wildman–Crippen MR) is 101 cm³/mol. The molecule has 7 nitrogen and oxygen atoms in total. The Morgan fingerprint density at radius 3 is 2.78 bits per heavy atom. The first kappa shape index (κ1) is 17.4. The molecule has 1 aromatic heterocycles. The lowest BCUT2D eigenvalue weighted by Crippen LogP contribution is -2.43. The largest absolute Gasteiger partial charge is 0.484 e. The number of fused-ring (bicyclic) bond motifs is 2. The van der Waals surface area contributed by atoms with E-state index in [0.717, 1.165) is 10.1 Å². The van der Waals surface area contributed by atoms with Gasteiger partial charge in [0.1, 0.15) is 10.6 Å². The van der Waals surface area contributed by atoms with Crippen molar-refractivity contribution in [2.45, 2.75) is 0 Å². The molecule has 0 spiro atoms. The van der Waals surface area contributed by atoms with Gasteiger partial charge in [-0.25, -0.2) is 0 Å². The molecule has 3 aromatic rings. The van der Waals surface area contributed by atoms with Crippen molar-refractivity contribution >= 4 is 44.8 Å². The van der Waals surface area contributed by atoms with E-state index in [0.29, 0.717) is 27.1 Å². The van der Waals surface area contributed by atoms with Crippen molar-refractivity contribution < 1.29 is 23.8 Å². The molecule has 0 fully saturated rings. The van der Waals surface area contributed by atoms with Crippen LogP contribution >= 0.6 is 22.9 Å². The van der Waals surface area contributed by atoms with E-state index in [-0.39, 0.29) is 13.4 Å². The van der Waals surface area contributed by atoms with Crippen LogP contribution < -0.4 is 25.1 Å². The van der Waals surface area contributed by atoms with Gasteiger partial charge in [0.15, 0.2) is 18.1 Å². The molecular formula is C18H13ClN2O5S. The maximum atomic E-state index is 12.3. The van der Waals surface area contributed by atoms with E-state index in [4.69, 9.17) is 25.8 Å². The van der Waals surface area contributed by atoms with Gasteiger partial charge in [0.2, 0.25) is 6.79 Å². The van der Waals surface area contributed by atoms with Crippen molar-refractivity contribution in [2.24, 2.45) is 0 Å². The third-order valence-electron chi connectivity index (χ3n) is 3.77. The number of rotatable bonds is 4. The van der Waals surface area contributed by atoms with Crippen molar-refractivity contribution in [2.75, 3.05) is 13.4 Å². The Balaban J connectivity index is 1.32. The maximum absolute atomic E-state index is 12.3. The fraction of sp³-hybridized carbons (Fsp3) is 0.111. The number of carbonyl (C=O) groups excluding carboxylic acids is 2. The van der Waals surface area contributed by atoms with Crippen molar-refractivity contribution in [1.29, 1.82) is 0 Å². The van der Waals surface area contributed by atoms with Crippen LogP contribution in [0.1, 0.15) is 9.67 Å². The second-order valence-electron chi connectivity index (χ2n) is 5.55. The molecule has 2 amide bonds. The van der Waals surface area contributed by atoms with E-state index in [9.17, 15) is 9.59 Å². The Morgan fingerprint density at radius 2 is 1.93 bits per heavy atom. The normalized spacial score (nSPS) is 12.0. The van der Waals surface area contributed by atoms with E-state index in [1.165, 1.54) is 11.3 Å². The Bertz CT molecular complexity index is 1040. The van der Waals surface area contributed by atoms with Crippen LogP contribution in [-0.2, 0) is 4.79 Å². The Hall–Kier alpha value is -2.97. The summed E-state index contributed by atoms with van der Waals surface area (Å²) in [6.45, 7) is -0.119. The monoisotopic (exact) mass is 404 g/mol. The minimum Gasteiger partial charge on any atom is -0.484 e. The van der Waals surface area contributed by atoms with Crippen LogP contribution in [0.2, 0.25) is 5.02 Å². The number of ether oxygens (including phenoxy) is 3. The summed E-state index contributed by atoms with van der Waals surface area (Å²) in [4.78, 5) is 24.5. The summed E-state index contributed by atoms with van der Waals surface area (Å²) < 4.78 is 16.7. The van der Waals surface area contributed by atoms with Crippen molar-refractivity contribution in [3.63, 3.8) is 0 Å². The Kier molecular flexibility index (Phi) is 4.74. The zero-order chi connectivity index (χ0) is 18.8. The molecule has 1 aliphatic rings. The van der Waals surface area contributed by atoms with Crippen molar-refractivity contribution in [3.8, 4) is 17.2 Å². The van der Waals surface area contributed by atoms with Crippen LogP contribution in [0, 0.1) is 0 Å². The molecule has 0 atom stereocenters. The van der Waals surface area contributed by atoms with Crippen LogP contribution in [0.25, 0.3) is 10.1 Å². The molecule has 2 N–H and O–H groups in total. The van der Waals surface area contributed by atoms with Crippen LogP contribution in [-0.4, -0.2) is 25.2 Å². The van der Waals surface area contributed by atoms with Gasteiger partial charge in [-0.2, -0.15) is 0 Å². The summed E-state index contributed by atoms with van der Waals surface area (Å²) in [6.07, 6.45) is 0. The summed E-state index contributed by atoms with van der Waals surface area (Å²) in [5, 5.41) is 1.16. The number of benzene rings is 2. The highest BCUT2D eigenvalue weighted by Crippen LogP contribution is 2.35. The highest BCUT2D eigenvalue weighted by atomic mass is 35.5. The van der Waals surface area contributed by atoms with Crippen LogP contribution in [0.5, 0.6) is 17.2 Å². The van der Waals surface area contributed by atoms with E-state index in [2.05, 4.69) is 10.9 Å². The third kappa shape index (κ3) is 3.62. The second-order valence-corrected chi connectivity index (χ2v) is 6.98. The van der Waals surface area contributed by atoms with Gasteiger partial charge in [-0.05, 0) is 18.2 Å². The summed E-state index contributed by atoms with van der Waals surface area (Å²) in [5.41, 5.74) is 4.64. The van der Waals surface area contributed by atoms with E-state index >= 15 is 0 Å². The zero-order valence-electron chi connectivity index (χ0n) is 13.8. The quantitative estimate of drug-likeness (QED) is 0.652. The average molecular weight is 405 g/mol. The molecule has 9 heteroatoms. The number of nitrogens with one attached hydrogen (secondary N) is 2. The molecule has 0 unspecified atom stereocenters. The Labute approximate surface area is 162 Å². The SMILES string of the molecule is O=C(COc1ccc2c(c1)OCO2)NNC(=O)c1sc2ccccc2c1Cl. The average Bonchev–Trinajstić information content (AvgIpc) is 3.29. The maximum Gasteiger partial charge on any atom is 0.281 e. The molecule has 0 bridgehead atoms. The number of halogens is 1. The van der Waals surface area contributed by atoms with E-state index in [1.54, 1.807) is 18.2 Å². The number of hydrogen-bond donors (Lipinski definition) is 2. The summed E-state index contributed by atoms with van der Waals surface area (Å²) in [5.74, 6) is 0.629. The number of hydrazine groups is 1. The topological polar surface area (TPSA) is 85.9 Å². The Morgan fingerprint density at radius 1 is 1.11 bits per heavy atom. The molecule has 0 radical (unpaired) electrons. The van der Waals surface area contributed by atoms with Gasteiger partial charge < -0.3 is 14.2 Å².